The molecule has 7 heteroatoms. The number of pyridine rings is 1. The highest BCUT2D eigenvalue weighted by atomic mass is 19.1. The minimum Gasteiger partial charge on any atom is -0.496 e. The fourth-order valence-electron chi connectivity index (χ4n) is 3.07. The van der Waals surface area contributed by atoms with Gasteiger partial charge >= 0.3 is 0 Å². The number of nitrogen functional groups attached to an aromatic ring is 1. The number of nitrogens with zero attached hydrogens (tertiary/aromatic N) is 2. The minimum atomic E-state index is -0.397. The molecule has 6 nitrogen and oxygen atoms in total. The minimum absolute atomic E-state index is 0.137. The van der Waals surface area contributed by atoms with Crippen molar-refractivity contribution in [1.82, 2.24) is 15.2 Å². The number of amides is 1. The number of carbonyl (C=O) groups is 1. The molecule has 0 aliphatic heterocycles. The van der Waals surface area contributed by atoms with E-state index in [4.69, 9.17) is 10.5 Å². The Morgan fingerprint density at radius 3 is 2.67 bits per heavy atom. The van der Waals surface area contributed by atoms with Gasteiger partial charge in [0.2, 0.25) is 0 Å². The maximum atomic E-state index is 13.6. The first-order valence-electron chi connectivity index (χ1n) is 9.52. The number of anilines is 1. The fourth-order valence-corrected chi connectivity index (χ4v) is 3.07. The lowest BCUT2D eigenvalue weighted by molar-refractivity contribution is 0.0951. The Bertz CT molecular complexity index is 1050. The first kappa shape index (κ1) is 21.3. The van der Waals surface area contributed by atoms with E-state index in [0.717, 1.165) is 17.7 Å². The summed E-state index contributed by atoms with van der Waals surface area (Å²) in [4.78, 5) is 18.7. The smallest absolute Gasteiger partial charge is 0.251 e. The van der Waals surface area contributed by atoms with E-state index in [1.807, 2.05) is 43.3 Å². The van der Waals surface area contributed by atoms with Crippen molar-refractivity contribution in [1.29, 1.82) is 0 Å². The van der Waals surface area contributed by atoms with Crippen LogP contribution >= 0.6 is 0 Å². The van der Waals surface area contributed by atoms with Crippen LogP contribution in [0.1, 0.15) is 10.4 Å². The molecule has 0 fully saturated rings. The molecule has 1 amide bonds. The standard InChI is InChI=1S/C23H25FN4O2/c1-28(2)10-9-26-23(29)16-6-4-5-15(11-16)17-12-20(22(25)27-14-17)19-8-7-18(24)13-21(19)30-3/h4-8,11-14H,9-10H2,1-3H3,(H2,25,27)(H,26,29). The van der Waals surface area contributed by atoms with Crippen LogP contribution in [0.25, 0.3) is 22.3 Å². The van der Waals surface area contributed by atoms with Crippen LogP contribution in [0.2, 0.25) is 0 Å². The molecular formula is C23H25FN4O2. The molecule has 0 radical (unpaired) electrons. The predicted molar refractivity (Wildman–Crippen MR) is 117 cm³/mol. The molecule has 30 heavy (non-hydrogen) atoms. The van der Waals surface area contributed by atoms with Crippen molar-refractivity contribution < 1.29 is 13.9 Å². The number of likely N-dealkylation sites (N-methyl/N-ethyl adjacent to an activating group) is 1. The van der Waals surface area contributed by atoms with Crippen LogP contribution in [-0.2, 0) is 0 Å². The second-order valence-corrected chi connectivity index (χ2v) is 7.14. The molecule has 156 valence electrons. The summed E-state index contributed by atoms with van der Waals surface area (Å²) in [6.07, 6.45) is 1.65. The van der Waals surface area contributed by atoms with Gasteiger partial charge in [-0.3, -0.25) is 4.79 Å². The highest BCUT2D eigenvalue weighted by molar-refractivity contribution is 5.95. The molecule has 0 unspecified atom stereocenters. The van der Waals surface area contributed by atoms with Gasteiger partial charge in [0, 0.05) is 47.6 Å². The summed E-state index contributed by atoms with van der Waals surface area (Å²) < 4.78 is 18.9. The van der Waals surface area contributed by atoms with E-state index in [-0.39, 0.29) is 5.91 Å². The zero-order valence-corrected chi connectivity index (χ0v) is 17.3. The second kappa shape index (κ2) is 9.37. The normalized spacial score (nSPS) is 10.8. The molecule has 0 aliphatic rings. The number of methoxy groups -OCH3 is 1. The van der Waals surface area contributed by atoms with E-state index in [9.17, 15) is 9.18 Å². The van der Waals surface area contributed by atoms with Crippen molar-refractivity contribution in [3.63, 3.8) is 0 Å². The third-order valence-corrected chi connectivity index (χ3v) is 4.67. The zero-order chi connectivity index (χ0) is 21.7. The van der Waals surface area contributed by atoms with Crippen LogP contribution < -0.4 is 15.8 Å². The fraction of sp³-hybridized carbons (Fsp3) is 0.217. The maximum absolute atomic E-state index is 13.6. The summed E-state index contributed by atoms with van der Waals surface area (Å²) in [5.41, 5.74) is 9.53. The Hall–Kier alpha value is -3.45. The number of hydrogen-bond donors (Lipinski definition) is 2. The SMILES string of the molecule is COc1cc(F)ccc1-c1cc(-c2cccc(C(=O)NCCN(C)C)c2)cnc1N. The van der Waals surface area contributed by atoms with Crippen LogP contribution in [0, 0.1) is 5.82 Å². The van der Waals surface area contributed by atoms with Gasteiger partial charge in [0.25, 0.3) is 5.91 Å². The van der Waals surface area contributed by atoms with Gasteiger partial charge in [-0.25, -0.2) is 9.37 Å². The molecule has 1 aromatic heterocycles. The summed E-state index contributed by atoms with van der Waals surface area (Å²) >= 11 is 0. The van der Waals surface area contributed by atoms with Crippen molar-refractivity contribution in [2.45, 2.75) is 0 Å². The van der Waals surface area contributed by atoms with E-state index in [1.54, 1.807) is 18.3 Å². The van der Waals surface area contributed by atoms with Crippen LogP contribution in [-0.4, -0.2) is 50.1 Å². The zero-order valence-electron chi connectivity index (χ0n) is 17.3. The summed E-state index contributed by atoms with van der Waals surface area (Å²) in [6, 6.07) is 13.4. The monoisotopic (exact) mass is 408 g/mol. The molecule has 0 saturated carbocycles. The highest BCUT2D eigenvalue weighted by Crippen LogP contribution is 2.36. The van der Waals surface area contributed by atoms with E-state index >= 15 is 0 Å². The summed E-state index contributed by atoms with van der Waals surface area (Å²) in [6.45, 7) is 1.32. The lowest BCUT2D eigenvalue weighted by Gasteiger charge is -2.13. The molecule has 0 spiro atoms. The van der Waals surface area contributed by atoms with E-state index in [2.05, 4.69) is 10.3 Å². The topological polar surface area (TPSA) is 80.5 Å². The number of nitrogens with two attached hydrogens (primary N) is 1. The Labute approximate surface area is 175 Å². The molecule has 1 heterocycles. The van der Waals surface area contributed by atoms with Gasteiger partial charge in [-0.15, -0.1) is 0 Å². The van der Waals surface area contributed by atoms with Crippen molar-refractivity contribution >= 4 is 11.7 Å². The van der Waals surface area contributed by atoms with Crippen molar-refractivity contribution in [2.75, 3.05) is 40.0 Å². The van der Waals surface area contributed by atoms with Gasteiger partial charge in [0.1, 0.15) is 17.4 Å². The number of halogens is 1. The van der Waals surface area contributed by atoms with Crippen molar-refractivity contribution in [3.05, 3.63) is 66.1 Å². The Morgan fingerprint density at radius 2 is 1.93 bits per heavy atom. The van der Waals surface area contributed by atoms with Gasteiger partial charge in [-0.05, 0) is 50.0 Å². The van der Waals surface area contributed by atoms with Gasteiger partial charge in [-0.1, -0.05) is 12.1 Å². The average molecular weight is 408 g/mol. The Kier molecular flexibility index (Phi) is 6.64. The van der Waals surface area contributed by atoms with Gasteiger partial charge in [0.05, 0.1) is 7.11 Å². The highest BCUT2D eigenvalue weighted by Gasteiger charge is 2.14. The number of rotatable bonds is 7. The van der Waals surface area contributed by atoms with Gasteiger partial charge < -0.3 is 20.7 Å². The molecule has 3 N–H and O–H groups in total. The van der Waals surface area contributed by atoms with Crippen LogP contribution in [0.3, 0.4) is 0 Å². The quantitative estimate of drug-likeness (QED) is 0.626. The summed E-state index contributed by atoms with van der Waals surface area (Å²) in [5, 5.41) is 2.91. The molecule has 3 rings (SSSR count). The Balaban J connectivity index is 1.93. The molecule has 0 aliphatic carbocycles. The lowest BCUT2D eigenvalue weighted by atomic mass is 9.99. The number of carbonyl (C=O) groups excluding carboxylic acids is 1. The first-order valence-corrected chi connectivity index (χ1v) is 9.52. The molecule has 2 aromatic carbocycles. The maximum Gasteiger partial charge on any atom is 0.251 e. The van der Waals surface area contributed by atoms with E-state index in [0.29, 0.717) is 34.8 Å². The number of aromatic nitrogens is 1. The molecule has 0 atom stereocenters. The van der Waals surface area contributed by atoms with Crippen molar-refractivity contribution in [2.24, 2.45) is 0 Å². The number of benzene rings is 2. The number of nitrogens with one attached hydrogen (secondary N) is 1. The van der Waals surface area contributed by atoms with E-state index < -0.39 is 5.82 Å². The number of ether oxygens (including phenoxy) is 1. The van der Waals surface area contributed by atoms with Crippen LogP contribution in [0.15, 0.2) is 54.7 Å². The van der Waals surface area contributed by atoms with Gasteiger partial charge in [0.15, 0.2) is 0 Å². The summed E-state index contributed by atoms with van der Waals surface area (Å²) in [5.74, 6) is 0.143. The molecule has 0 saturated heterocycles. The lowest BCUT2D eigenvalue weighted by Crippen LogP contribution is -2.31. The molecular weight excluding hydrogens is 383 g/mol. The third-order valence-electron chi connectivity index (χ3n) is 4.67. The van der Waals surface area contributed by atoms with Crippen LogP contribution in [0.5, 0.6) is 5.75 Å². The average Bonchev–Trinajstić information content (AvgIpc) is 2.74. The second-order valence-electron chi connectivity index (χ2n) is 7.14. The van der Waals surface area contributed by atoms with E-state index in [1.165, 1.54) is 19.2 Å². The Morgan fingerprint density at radius 1 is 1.13 bits per heavy atom. The van der Waals surface area contributed by atoms with Gasteiger partial charge in [-0.2, -0.15) is 0 Å². The molecule has 3 aromatic rings. The van der Waals surface area contributed by atoms with Crippen LogP contribution in [0.4, 0.5) is 10.2 Å². The summed E-state index contributed by atoms with van der Waals surface area (Å²) in [7, 11) is 5.38. The first-order chi connectivity index (χ1) is 14.4. The predicted octanol–water partition coefficient (Wildman–Crippen LogP) is 3.44. The molecule has 0 bridgehead atoms. The number of hydrogen-bond acceptors (Lipinski definition) is 5. The largest absolute Gasteiger partial charge is 0.496 e. The van der Waals surface area contributed by atoms with Crippen molar-refractivity contribution in [3.8, 4) is 28.0 Å². The third kappa shape index (κ3) is 4.93.